The van der Waals surface area contributed by atoms with E-state index in [1.165, 1.54) is 6.92 Å². The number of nitrogens with zero attached hydrogens (tertiary/aromatic N) is 1. The summed E-state index contributed by atoms with van der Waals surface area (Å²) in [7, 11) is 1.84. The Morgan fingerprint density at radius 3 is 2.15 bits per heavy atom. The van der Waals surface area contributed by atoms with E-state index in [-0.39, 0.29) is 5.57 Å². The molecule has 1 fully saturated rings. The van der Waals surface area contributed by atoms with Gasteiger partial charge in [-0.05, 0) is 13.3 Å². The average molecular weight is 185 g/mol. The minimum absolute atomic E-state index is 0.176. The largest absolute Gasteiger partial charge is 0.478 e. The zero-order valence-electron chi connectivity index (χ0n) is 8.04. The molecular formula is C9H15NO3. The zero-order chi connectivity index (χ0) is 10.4. The first-order valence-corrected chi connectivity index (χ1v) is 4.08. The summed E-state index contributed by atoms with van der Waals surface area (Å²) in [6.45, 7) is 5.56. The van der Waals surface area contributed by atoms with Crippen molar-refractivity contribution < 1.29 is 14.7 Å². The second kappa shape index (κ2) is 5.35. The van der Waals surface area contributed by atoms with Crippen LogP contribution in [-0.4, -0.2) is 35.5 Å². The molecule has 0 aromatic carbocycles. The summed E-state index contributed by atoms with van der Waals surface area (Å²) in [5, 5.41) is 7.89. The second-order valence-electron chi connectivity index (χ2n) is 3.00. The predicted octanol–water partition coefficient (Wildman–Crippen LogP) is 0.886. The first-order valence-electron chi connectivity index (χ1n) is 4.08. The van der Waals surface area contributed by atoms with Crippen LogP contribution < -0.4 is 0 Å². The third-order valence-electron chi connectivity index (χ3n) is 1.68. The van der Waals surface area contributed by atoms with Crippen LogP contribution in [0.1, 0.15) is 19.8 Å². The molecule has 0 bridgehead atoms. The lowest BCUT2D eigenvalue weighted by Gasteiger charge is -2.03. The maximum atomic E-state index is 10.5. The highest BCUT2D eigenvalue weighted by Crippen LogP contribution is 2.04. The molecule has 1 rings (SSSR count). The van der Waals surface area contributed by atoms with Gasteiger partial charge in [-0.25, -0.2) is 4.79 Å². The maximum absolute atomic E-state index is 10.5. The summed E-state index contributed by atoms with van der Waals surface area (Å²) in [6.07, 6.45) is 1.81. The Bertz CT molecular complexity index is 211. The fraction of sp³-hybridized carbons (Fsp3) is 0.556. The number of carbonyl (C=O) groups is 2. The first-order chi connectivity index (χ1) is 5.95. The van der Waals surface area contributed by atoms with Crippen LogP contribution >= 0.6 is 0 Å². The number of amides is 1. The number of carboxylic acids is 1. The lowest BCUT2D eigenvalue weighted by atomic mass is 10.4. The van der Waals surface area contributed by atoms with Gasteiger partial charge in [0.2, 0.25) is 5.91 Å². The molecule has 0 saturated carbocycles. The van der Waals surface area contributed by atoms with E-state index in [1.54, 1.807) is 4.90 Å². The molecule has 1 saturated heterocycles. The second-order valence-corrected chi connectivity index (χ2v) is 3.00. The molecule has 0 unspecified atom stereocenters. The van der Waals surface area contributed by atoms with E-state index in [4.69, 9.17) is 5.11 Å². The van der Waals surface area contributed by atoms with E-state index in [9.17, 15) is 9.59 Å². The quantitative estimate of drug-likeness (QED) is 0.617. The van der Waals surface area contributed by atoms with Gasteiger partial charge in [-0.15, -0.1) is 0 Å². The fourth-order valence-electron chi connectivity index (χ4n) is 0.783. The van der Waals surface area contributed by atoms with E-state index < -0.39 is 5.97 Å². The Morgan fingerprint density at radius 2 is 2.08 bits per heavy atom. The molecule has 4 heteroatoms. The van der Waals surface area contributed by atoms with Crippen LogP contribution in [0.5, 0.6) is 0 Å². The Kier molecular flexibility index (Phi) is 4.80. The minimum Gasteiger partial charge on any atom is -0.478 e. The van der Waals surface area contributed by atoms with E-state index in [0.717, 1.165) is 19.4 Å². The van der Waals surface area contributed by atoms with Crippen LogP contribution in [0.4, 0.5) is 0 Å². The predicted molar refractivity (Wildman–Crippen MR) is 49.3 cm³/mol. The molecule has 1 N–H and O–H groups in total. The van der Waals surface area contributed by atoms with Crippen molar-refractivity contribution >= 4 is 11.9 Å². The number of hydrogen-bond acceptors (Lipinski definition) is 2. The highest BCUT2D eigenvalue weighted by atomic mass is 16.4. The van der Waals surface area contributed by atoms with Gasteiger partial charge in [0.15, 0.2) is 0 Å². The van der Waals surface area contributed by atoms with Crippen LogP contribution in [0.25, 0.3) is 0 Å². The summed E-state index contributed by atoms with van der Waals surface area (Å²) < 4.78 is 0. The molecular weight excluding hydrogens is 170 g/mol. The first kappa shape index (κ1) is 11.7. The van der Waals surface area contributed by atoms with Gasteiger partial charge in [0.25, 0.3) is 0 Å². The third-order valence-corrected chi connectivity index (χ3v) is 1.68. The van der Waals surface area contributed by atoms with Crippen molar-refractivity contribution in [3.05, 3.63) is 12.2 Å². The van der Waals surface area contributed by atoms with Crippen LogP contribution in [-0.2, 0) is 9.59 Å². The van der Waals surface area contributed by atoms with Gasteiger partial charge in [-0.2, -0.15) is 0 Å². The summed E-state index contributed by atoms with van der Waals surface area (Å²) >= 11 is 0. The van der Waals surface area contributed by atoms with Gasteiger partial charge < -0.3 is 10.0 Å². The van der Waals surface area contributed by atoms with Crippen LogP contribution in [0.2, 0.25) is 0 Å². The molecule has 1 amide bonds. The number of carbonyl (C=O) groups excluding carboxylic acids is 1. The number of likely N-dealkylation sites (tertiary alicyclic amines) is 1. The number of rotatable bonds is 1. The maximum Gasteiger partial charge on any atom is 0.330 e. The molecule has 0 aliphatic carbocycles. The molecule has 1 aliphatic rings. The third kappa shape index (κ3) is 5.00. The van der Waals surface area contributed by atoms with E-state index in [1.807, 2.05) is 7.05 Å². The normalized spacial score (nSPS) is 14.9. The minimum atomic E-state index is -0.935. The van der Waals surface area contributed by atoms with Crippen molar-refractivity contribution in [1.82, 2.24) is 4.90 Å². The molecule has 0 radical (unpaired) electrons. The van der Waals surface area contributed by atoms with Crippen LogP contribution in [0, 0.1) is 0 Å². The Balaban J connectivity index is 0.000000226. The van der Waals surface area contributed by atoms with Gasteiger partial charge in [-0.1, -0.05) is 6.58 Å². The Morgan fingerprint density at radius 1 is 1.62 bits per heavy atom. The smallest absolute Gasteiger partial charge is 0.330 e. The number of hydrogen-bond donors (Lipinski definition) is 1. The molecule has 0 aromatic rings. The monoisotopic (exact) mass is 185 g/mol. The van der Waals surface area contributed by atoms with E-state index >= 15 is 0 Å². The average Bonchev–Trinajstić information content (AvgIpc) is 2.37. The highest BCUT2D eigenvalue weighted by Gasteiger charge is 2.14. The summed E-state index contributed by atoms with van der Waals surface area (Å²) in [4.78, 5) is 21.9. The lowest BCUT2D eigenvalue weighted by Crippen LogP contribution is -2.17. The fourth-order valence-corrected chi connectivity index (χ4v) is 0.783. The van der Waals surface area contributed by atoms with Crippen molar-refractivity contribution in [2.75, 3.05) is 13.6 Å². The lowest BCUT2D eigenvalue weighted by molar-refractivity contribution is -0.132. The highest BCUT2D eigenvalue weighted by molar-refractivity contribution is 5.84. The topological polar surface area (TPSA) is 57.6 Å². The van der Waals surface area contributed by atoms with Crippen LogP contribution in [0.15, 0.2) is 12.2 Å². The van der Waals surface area contributed by atoms with Crippen molar-refractivity contribution in [3.8, 4) is 0 Å². The van der Waals surface area contributed by atoms with Crippen molar-refractivity contribution in [1.29, 1.82) is 0 Å². The van der Waals surface area contributed by atoms with Crippen molar-refractivity contribution in [2.24, 2.45) is 0 Å². The molecule has 74 valence electrons. The number of aliphatic carboxylic acids is 1. The summed E-state index contributed by atoms with van der Waals surface area (Å²) in [5.41, 5.74) is 0.176. The standard InChI is InChI=1S/C5H9NO.C4H6O2/c1-6-4-2-3-5(6)7;1-3(2)4(5)6/h2-4H2,1H3;1H2,2H3,(H,5,6). The van der Waals surface area contributed by atoms with Gasteiger partial charge in [-0.3, -0.25) is 4.79 Å². The van der Waals surface area contributed by atoms with Gasteiger partial charge in [0, 0.05) is 25.6 Å². The molecule has 4 nitrogen and oxygen atoms in total. The molecule has 0 aromatic heterocycles. The zero-order valence-corrected chi connectivity index (χ0v) is 8.04. The molecule has 1 aliphatic heterocycles. The number of carboxylic acid groups (broad SMARTS) is 1. The van der Waals surface area contributed by atoms with Crippen LogP contribution in [0.3, 0.4) is 0 Å². The van der Waals surface area contributed by atoms with Gasteiger partial charge in [0.1, 0.15) is 0 Å². The van der Waals surface area contributed by atoms with E-state index in [2.05, 4.69) is 6.58 Å². The Labute approximate surface area is 77.8 Å². The molecule has 0 spiro atoms. The summed E-state index contributed by atoms with van der Waals surface area (Å²) in [6, 6.07) is 0. The van der Waals surface area contributed by atoms with Crippen molar-refractivity contribution in [2.45, 2.75) is 19.8 Å². The summed E-state index contributed by atoms with van der Waals surface area (Å²) in [5.74, 6) is -0.644. The van der Waals surface area contributed by atoms with Crippen molar-refractivity contribution in [3.63, 3.8) is 0 Å². The molecule has 0 atom stereocenters. The Hall–Kier alpha value is -1.32. The van der Waals surface area contributed by atoms with E-state index in [0.29, 0.717) is 5.91 Å². The molecule has 1 heterocycles. The van der Waals surface area contributed by atoms with Gasteiger partial charge >= 0.3 is 5.97 Å². The molecule has 13 heavy (non-hydrogen) atoms. The van der Waals surface area contributed by atoms with Gasteiger partial charge in [0.05, 0.1) is 0 Å². The SMILES string of the molecule is C=C(C)C(=O)O.CN1CCCC1=O.